The molecule has 0 N–H and O–H groups in total. The summed E-state index contributed by atoms with van der Waals surface area (Å²) in [6, 6.07) is 5.82. The zero-order valence-electron chi connectivity index (χ0n) is 10.2. The van der Waals surface area contributed by atoms with Crippen LogP contribution in [0.3, 0.4) is 0 Å². The molecule has 0 aromatic heterocycles. The van der Waals surface area contributed by atoms with Crippen LogP contribution in [0.15, 0.2) is 18.2 Å². The van der Waals surface area contributed by atoms with Crippen molar-refractivity contribution in [1.29, 1.82) is 0 Å². The van der Waals surface area contributed by atoms with Crippen molar-refractivity contribution in [3.8, 4) is 0 Å². The quantitative estimate of drug-likeness (QED) is 0.787. The van der Waals surface area contributed by atoms with Crippen LogP contribution in [0.4, 0.5) is 0 Å². The molecule has 1 aromatic carbocycles. The van der Waals surface area contributed by atoms with Gasteiger partial charge in [0.15, 0.2) is 0 Å². The number of piperazine rings is 1. The lowest BCUT2D eigenvalue weighted by atomic mass is 10.2. The third-order valence-corrected chi connectivity index (χ3v) is 4.32. The Morgan fingerprint density at radius 2 is 1.67 bits per heavy atom. The molecule has 0 amide bonds. The largest absolute Gasteiger partial charge is 0.300 e. The van der Waals surface area contributed by atoms with Crippen LogP contribution < -0.4 is 0 Å². The number of alkyl halides is 1. The summed E-state index contributed by atoms with van der Waals surface area (Å²) >= 11 is 18.0. The molecule has 0 spiro atoms. The van der Waals surface area contributed by atoms with Crippen molar-refractivity contribution in [2.24, 2.45) is 0 Å². The molecule has 0 atom stereocenters. The van der Waals surface area contributed by atoms with Crippen LogP contribution >= 0.6 is 34.8 Å². The number of hydrogen-bond acceptors (Lipinski definition) is 2. The first-order valence-electron chi connectivity index (χ1n) is 6.14. The molecule has 0 radical (unpaired) electrons. The zero-order valence-corrected chi connectivity index (χ0v) is 12.5. The van der Waals surface area contributed by atoms with Crippen molar-refractivity contribution >= 4 is 34.8 Å². The van der Waals surface area contributed by atoms with Gasteiger partial charge in [-0.15, -0.1) is 11.6 Å². The Labute approximate surface area is 123 Å². The molecule has 1 aliphatic heterocycles. The Kier molecular flexibility index (Phi) is 5.58. The second-order valence-corrected chi connectivity index (χ2v) is 5.68. The normalized spacial score (nSPS) is 18.2. The van der Waals surface area contributed by atoms with E-state index in [0.29, 0.717) is 15.9 Å². The monoisotopic (exact) mass is 306 g/mol. The highest BCUT2D eigenvalue weighted by Crippen LogP contribution is 2.26. The van der Waals surface area contributed by atoms with E-state index in [1.54, 1.807) is 0 Å². The van der Waals surface area contributed by atoms with Gasteiger partial charge in [-0.25, -0.2) is 0 Å². The van der Waals surface area contributed by atoms with Crippen molar-refractivity contribution in [1.82, 2.24) is 9.80 Å². The summed E-state index contributed by atoms with van der Waals surface area (Å²) in [6.07, 6.45) is 0. The van der Waals surface area contributed by atoms with Crippen LogP contribution in [0.2, 0.25) is 10.0 Å². The smallest absolute Gasteiger partial charge is 0.0637 e. The molecule has 100 valence electrons. The van der Waals surface area contributed by atoms with E-state index in [1.165, 1.54) is 0 Å². The van der Waals surface area contributed by atoms with Gasteiger partial charge in [0, 0.05) is 45.1 Å². The van der Waals surface area contributed by atoms with E-state index in [2.05, 4.69) is 9.80 Å². The summed E-state index contributed by atoms with van der Waals surface area (Å²) < 4.78 is 0. The lowest BCUT2D eigenvalue weighted by Gasteiger charge is -2.34. The summed E-state index contributed by atoms with van der Waals surface area (Å²) in [4.78, 5) is 4.80. The number of benzene rings is 1. The first-order chi connectivity index (χ1) is 8.70. The van der Waals surface area contributed by atoms with Crippen molar-refractivity contribution in [3.63, 3.8) is 0 Å². The van der Waals surface area contributed by atoms with Crippen molar-refractivity contribution < 1.29 is 0 Å². The first-order valence-corrected chi connectivity index (χ1v) is 7.43. The summed E-state index contributed by atoms with van der Waals surface area (Å²) in [5.41, 5.74) is 1.11. The third kappa shape index (κ3) is 3.75. The molecule has 5 heteroatoms. The van der Waals surface area contributed by atoms with E-state index in [0.717, 1.165) is 44.8 Å². The van der Waals surface area contributed by atoms with Crippen molar-refractivity contribution in [2.45, 2.75) is 6.54 Å². The highest BCUT2D eigenvalue weighted by molar-refractivity contribution is 6.42. The molecule has 1 saturated heterocycles. The van der Waals surface area contributed by atoms with E-state index >= 15 is 0 Å². The van der Waals surface area contributed by atoms with E-state index < -0.39 is 0 Å². The van der Waals surface area contributed by atoms with Gasteiger partial charge >= 0.3 is 0 Å². The average molecular weight is 308 g/mol. The van der Waals surface area contributed by atoms with Crippen LogP contribution in [-0.4, -0.2) is 48.4 Å². The Hall–Kier alpha value is 0.01000. The number of nitrogens with zero attached hydrogens (tertiary/aromatic N) is 2. The first kappa shape index (κ1) is 14.4. The molecular weight excluding hydrogens is 291 g/mol. The van der Waals surface area contributed by atoms with E-state index in [1.807, 2.05) is 18.2 Å². The van der Waals surface area contributed by atoms with Gasteiger partial charge in [-0.3, -0.25) is 9.80 Å². The van der Waals surface area contributed by atoms with E-state index in [4.69, 9.17) is 34.8 Å². The SMILES string of the molecule is ClCCN1CCN(Cc2cccc(Cl)c2Cl)CC1. The van der Waals surface area contributed by atoms with Gasteiger partial charge in [0.05, 0.1) is 10.0 Å². The predicted octanol–water partition coefficient (Wildman–Crippen LogP) is 3.35. The summed E-state index contributed by atoms with van der Waals surface area (Å²) in [5, 5.41) is 1.32. The van der Waals surface area contributed by atoms with Crippen LogP contribution in [-0.2, 0) is 6.54 Å². The molecule has 2 nitrogen and oxygen atoms in total. The van der Waals surface area contributed by atoms with Crippen molar-refractivity contribution in [2.75, 3.05) is 38.6 Å². The van der Waals surface area contributed by atoms with E-state index in [-0.39, 0.29) is 0 Å². The fourth-order valence-electron chi connectivity index (χ4n) is 2.20. The van der Waals surface area contributed by atoms with Gasteiger partial charge in [-0.2, -0.15) is 0 Å². The zero-order chi connectivity index (χ0) is 13.0. The fourth-order valence-corrected chi connectivity index (χ4v) is 2.82. The standard InChI is InChI=1S/C13H17Cl3N2/c14-4-5-17-6-8-18(9-7-17)10-11-2-1-3-12(15)13(11)16/h1-3H,4-10H2. The maximum Gasteiger partial charge on any atom is 0.0637 e. The molecule has 1 aliphatic rings. The lowest BCUT2D eigenvalue weighted by Crippen LogP contribution is -2.46. The molecular formula is C13H17Cl3N2. The van der Waals surface area contributed by atoms with Crippen LogP contribution in [0, 0.1) is 0 Å². The number of rotatable bonds is 4. The lowest BCUT2D eigenvalue weighted by molar-refractivity contribution is 0.132. The van der Waals surface area contributed by atoms with Crippen LogP contribution in [0.5, 0.6) is 0 Å². The highest BCUT2D eigenvalue weighted by atomic mass is 35.5. The van der Waals surface area contributed by atoms with Gasteiger partial charge in [-0.05, 0) is 11.6 Å². The molecule has 0 unspecified atom stereocenters. The number of hydrogen-bond donors (Lipinski definition) is 0. The minimum Gasteiger partial charge on any atom is -0.300 e. The topological polar surface area (TPSA) is 6.48 Å². The van der Waals surface area contributed by atoms with Gasteiger partial charge < -0.3 is 0 Å². The van der Waals surface area contributed by atoms with E-state index in [9.17, 15) is 0 Å². The van der Waals surface area contributed by atoms with Gasteiger partial charge in [0.1, 0.15) is 0 Å². The summed E-state index contributed by atoms with van der Waals surface area (Å²) in [6.45, 7) is 6.11. The van der Waals surface area contributed by atoms with Crippen molar-refractivity contribution in [3.05, 3.63) is 33.8 Å². The van der Waals surface area contributed by atoms with Crippen LogP contribution in [0.1, 0.15) is 5.56 Å². The maximum absolute atomic E-state index is 6.20. The Morgan fingerprint density at radius 1 is 1.00 bits per heavy atom. The molecule has 18 heavy (non-hydrogen) atoms. The minimum absolute atomic E-state index is 0.634. The van der Waals surface area contributed by atoms with Gasteiger partial charge in [0.2, 0.25) is 0 Å². The van der Waals surface area contributed by atoms with Crippen LogP contribution in [0.25, 0.3) is 0 Å². The maximum atomic E-state index is 6.20. The molecule has 1 fully saturated rings. The Bertz CT molecular complexity index is 390. The molecule has 0 aliphatic carbocycles. The highest BCUT2D eigenvalue weighted by Gasteiger charge is 2.17. The molecule has 2 rings (SSSR count). The summed E-state index contributed by atoms with van der Waals surface area (Å²) in [5.74, 6) is 0.708. The Balaban J connectivity index is 1.90. The van der Waals surface area contributed by atoms with Gasteiger partial charge in [-0.1, -0.05) is 35.3 Å². The second kappa shape index (κ2) is 6.97. The fraction of sp³-hybridized carbons (Fsp3) is 0.538. The summed E-state index contributed by atoms with van der Waals surface area (Å²) in [7, 11) is 0. The minimum atomic E-state index is 0.634. The Morgan fingerprint density at radius 3 is 2.33 bits per heavy atom. The number of halogens is 3. The second-order valence-electron chi connectivity index (χ2n) is 4.52. The molecule has 0 bridgehead atoms. The predicted molar refractivity (Wildman–Crippen MR) is 78.9 cm³/mol. The molecule has 1 aromatic rings. The molecule has 0 saturated carbocycles. The third-order valence-electron chi connectivity index (χ3n) is 3.29. The molecule has 1 heterocycles. The van der Waals surface area contributed by atoms with Gasteiger partial charge in [0.25, 0.3) is 0 Å². The average Bonchev–Trinajstić information content (AvgIpc) is 2.38.